The van der Waals surface area contributed by atoms with E-state index in [1.165, 1.54) is 31.3 Å². The van der Waals surface area contributed by atoms with E-state index >= 15 is 4.39 Å². The van der Waals surface area contributed by atoms with E-state index in [4.69, 9.17) is 5.73 Å². The zero-order valence-corrected chi connectivity index (χ0v) is 22.3. The second-order valence-electron chi connectivity index (χ2n) is 10.5. The molecular formula is C28H27F5N8O. The molecule has 1 aliphatic heterocycles. The molecular weight excluding hydrogens is 559 g/mol. The third-order valence-electron chi connectivity index (χ3n) is 7.58. The Morgan fingerprint density at radius 1 is 0.952 bits per heavy atom. The average Bonchev–Trinajstić information content (AvgIpc) is 3.73. The monoisotopic (exact) mass is 586 g/mol. The summed E-state index contributed by atoms with van der Waals surface area (Å²) in [6, 6.07) is 7.16. The van der Waals surface area contributed by atoms with Crippen molar-refractivity contribution < 1.29 is 26.7 Å². The number of benzene rings is 2. The molecule has 0 unspecified atom stereocenters. The van der Waals surface area contributed by atoms with Crippen molar-refractivity contribution >= 4 is 28.7 Å². The van der Waals surface area contributed by atoms with E-state index < -0.39 is 35.1 Å². The van der Waals surface area contributed by atoms with E-state index in [0.717, 1.165) is 37.9 Å². The van der Waals surface area contributed by atoms with Gasteiger partial charge in [0.05, 0.1) is 22.6 Å². The minimum atomic E-state index is -4.73. The number of alkyl halides is 3. The Balaban J connectivity index is 1.20. The number of rotatable bonds is 6. The summed E-state index contributed by atoms with van der Waals surface area (Å²) in [6.45, 7) is 4.46. The second kappa shape index (κ2) is 10.8. The molecule has 4 N–H and O–H groups in total. The Labute approximate surface area is 237 Å². The molecule has 14 heteroatoms. The smallest absolute Gasteiger partial charge is 0.382 e. The van der Waals surface area contributed by atoms with Gasteiger partial charge in [0.2, 0.25) is 0 Å². The number of piperazine rings is 1. The summed E-state index contributed by atoms with van der Waals surface area (Å²) in [4.78, 5) is 21.4. The SMILES string of the molecule is Nc1ncnn2c(CN3CCN(C4CC4)CC3)cc(-c3ccc(NC(=O)Nc4cc(C(F)(F)F)ccc4F)c(F)c3)c12. The number of carbonyl (C=O) groups excluding carboxylic acids is 1. The second-order valence-corrected chi connectivity index (χ2v) is 10.5. The van der Waals surface area contributed by atoms with Crippen molar-refractivity contribution in [3.8, 4) is 11.1 Å². The van der Waals surface area contributed by atoms with Gasteiger partial charge in [-0.2, -0.15) is 18.3 Å². The minimum absolute atomic E-state index is 0.218. The molecule has 2 aliphatic rings. The van der Waals surface area contributed by atoms with Crippen LogP contribution in [0.4, 0.5) is 43.9 Å². The van der Waals surface area contributed by atoms with Crippen LogP contribution in [0.1, 0.15) is 24.1 Å². The third-order valence-corrected chi connectivity index (χ3v) is 7.58. The summed E-state index contributed by atoms with van der Waals surface area (Å²) in [5.41, 5.74) is 6.53. The predicted octanol–water partition coefficient (Wildman–Crippen LogP) is 5.20. The van der Waals surface area contributed by atoms with E-state index in [9.17, 15) is 22.4 Å². The summed E-state index contributed by atoms with van der Waals surface area (Å²) in [5.74, 6) is -1.68. The van der Waals surface area contributed by atoms with Gasteiger partial charge >= 0.3 is 12.2 Å². The van der Waals surface area contributed by atoms with E-state index in [1.807, 2.05) is 11.4 Å². The maximum atomic E-state index is 15.2. The van der Waals surface area contributed by atoms with E-state index in [-0.39, 0.29) is 11.5 Å². The Hall–Kier alpha value is -4.30. The molecule has 0 spiro atoms. The molecule has 42 heavy (non-hydrogen) atoms. The average molecular weight is 587 g/mol. The Kier molecular flexibility index (Phi) is 7.19. The van der Waals surface area contributed by atoms with Crippen LogP contribution in [0.2, 0.25) is 0 Å². The number of halogens is 5. The minimum Gasteiger partial charge on any atom is -0.382 e. The van der Waals surface area contributed by atoms with Crippen LogP contribution >= 0.6 is 0 Å². The van der Waals surface area contributed by atoms with E-state index in [1.54, 1.807) is 10.6 Å². The summed E-state index contributed by atoms with van der Waals surface area (Å²) in [5, 5.41) is 8.59. The molecule has 2 fully saturated rings. The van der Waals surface area contributed by atoms with Gasteiger partial charge in [0.1, 0.15) is 23.5 Å². The molecule has 1 saturated heterocycles. The first kappa shape index (κ1) is 27.8. The number of hydrogen-bond acceptors (Lipinski definition) is 6. The number of nitrogens with two attached hydrogens (primary N) is 1. The van der Waals surface area contributed by atoms with Gasteiger partial charge in [-0.3, -0.25) is 9.80 Å². The lowest BCUT2D eigenvalue weighted by atomic mass is 10.1. The van der Waals surface area contributed by atoms with Gasteiger partial charge in [0, 0.05) is 44.3 Å². The van der Waals surface area contributed by atoms with Crippen LogP contribution in [0.3, 0.4) is 0 Å². The van der Waals surface area contributed by atoms with Crippen molar-refractivity contribution in [1.82, 2.24) is 24.4 Å². The highest BCUT2D eigenvalue weighted by molar-refractivity contribution is 6.00. The molecule has 0 radical (unpaired) electrons. The number of hydrogen-bond donors (Lipinski definition) is 3. The van der Waals surface area contributed by atoms with Crippen LogP contribution in [0.5, 0.6) is 0 Å². The number of nitrogens with zero attached hydrogens (tertiary/aromatic N) is 5. The molecule has 2 amide bonds. The van der Waals surface area contributed by atoms with Crippen molar-refractivity contribution in [3.63, 3.8) is 0 Å². The number of fused-ring (bicyclic) bond motifs is 1. The summed E-state index contributed by atoms with van der Waals surface area (Å²) in [6.07, 6.45) is -0.829. The first-order valence-corrected chi connectivity index (χ1v) is 13.4. The van der Waals surface area contributed by atoms with Gasteiger partial charge in [0.25, 0.3) is 0 Å². The fraction of sp³-hybridized carbons (Fsp3) is 0.321. The van der Waals surface area contributed by atoms with Crippen LogP contribution in [0, 0.1) is 11.6 Å². The molecule has 2 aromatic carbocycles. The Morgan fingerprint density at radius 2 is 1.69 bits per heavy atom. The zero-order chi connectivity index (χ0) is 29.6. The topological polar surface area (TPSA) is 104 Å². The van der Waals surface area contributed by atoms with Crippen molar-refractivity contribution in [2.75, 3.05) is 42.5 Å². The fourth-order valence-electron chi connectivity index (χ4n) is 5.28. The van der Waals surface area contributed by atoms with Gasteiger partial charge in [-0.05, 0) is 54.8 Å². The molecule has 6 rings (SSSR count). The molecule has 0 atom stereocenters. The standard InChI is InChI=1S/C28H27F5N8O/c29-21-5-2-17(28(31,32)33)12-24(21)38-27(42)37-23-6-1-16(11-22(23)30)20-13-19(41-25(20)26(34)35-15-36-41)14-39-7-9-40(10-8-39)18-3-4-18/h1-2,5-6,11-13,15,18H,3-4,7-10,14H2,(H2,34,35,36)(H2,37,38,42). The van der Waals surface area contributed by atoms with Crippen molar-refractivity contribution in [3.05, 3.63) is 71.7 Å². The van der Waals surface area contributed by atoms with Crippen LogP contribution in [0.15, 0.2) is 48.8 Å². The van der Waals surface area contributed by atoms with Crippen molar-refractivity contribution in [2.24, 2.45) is 0 Å². The first-order chi connectivity index (χ1) is 20.1. The van der Waals surface area contributed by atoms with Gasteiger partial charge in [-0.25, -0.2) is 23.1 Å². The molecule has 0 bridgehead atoms. The lowest BCUT2D eigenvalue weighted by Crippen LogP contribution is -2.46. The summed E-state index contributed by atoms with van der Waals surface area (Å²) < 4.78 is 69.8. The highest BCUT2D eigenvalue weighted by Gasteiger charge is 2.32. The van der Waals surface area contributed by atoms with Crippen LogP contribution < -0.4 is 16.4 Å². The Morgan fingerprint density at radius 3 is 2.38 bits per heavy atom. The van der Waals surface area contributed by atoms with Gasteiger partial charge in [-0.1, -0.05) is 6.07 Å². The van der Waals surface area contributed by atoms with Gasteiger partial charge in [-0.15, -0.1) is 0 Å². The Bertz CT molecular complexity index is 1640. The van der Waals surface area contributed by atoms with Crippen LogP contribution in [0.25, 0.3) is 16.6 Å². The number of nitrogens with one attached hydrogen (secondary N) is 2. The molecule has 1 saturated carbocycles. The maximum Gasteiger partial charge on any atom is 0.416 e. The highest BCUT2D eigenvalue weighted by Crippen LogP contribution is 2.34. The van der Waals surface area contributed by atoms with E-state index in [0.29, 0.717) is 41.4 Å². The number of amides is 2. The van der Waals surface area contributed by atoms with Crippen molar-refractivity contribution in [1.29, 1.82) is 0 Å². The van der Waals surface area contributed by atoms with Crippen LogP contribution in [-0.4, -0.2) is 62.6 Å². The molecule has 4 aromatic rings. The maximum absolute atomic E-state index is 15.2. The molecule has 9 nitrogen and oxygen atoms in total. The highest BCUT2D eigenvalue weighted by atomic mass is 19.4. The van der Waals surface area contributed by atoms with Gasteiger partial charge in [0.15, 0.2) is 5.82 Å². The summed E-state index contributed by atoms with van der Waals surface area (Å²) >= 11 is 0. The molecule has 1 aliphatic carbocycles. The normalized spacial score (nSPS) is 16.6. The summed E-state index contributed by atoms with van der Waals surface area (Å²) in [7, 11) is 0. The number of nitrogen functional groups attached to an aromatic ring is 1. The first-order valence-electron chi connectivity index (χ1n) is 13.4. The number of aromatic nitrogens is 3. The lowest BCUT2D eigenvalue weighted by molar-refractivity contribution is -0.137. The molecule has 2 aromatic heterocycles. The van der Waals surface area contributed by atoms with Gasteiger partial charge < -0.3 is 16.4 Å². The van der Waals surface area contributed by atoms with Crippen molar-refractivity contribution in [2.45, 2.75) is 31.6 Å². The quantitative estimate of drug-likeness (QED) is 0.269. The fourth-order valence-corrected chi connectivity index (χ4v) is 5.28. The molecule has 220 valence electrons. The predicted molar refractivity (Wildman–Crippen MR) is 147 cm³/mol. The number of urea groups is 1. The largest absolute Gasteiger partial charge is 0.416 e. The van der Waals surface area contributed by atoms with E-state index in [2.05, 4.69) is 25.2 Å². The number of anilines is 3. The number of carbonyl (C=O) groups is 1. The third kappa shape index (κ3) is 5.72. The van der Waals surface area contributed by atoms with Crippen LogP contribution in [-0.2, 0) is 12.7 Å². The molecule has 3 heterocycles. The zero-order valence-electron chi connectivity index (χ0n) is 22.3. The lowest BCUT2D eigenvalue weighted by Gasteiger charge is -2.34.